The van der Waals surface area contributed by atoms with E-state index in [1.165, 1.54) is 0 Å². The van der Waals surface area contributed by atoms with Crippen molar-refractivity contribution in [3.05, 3.63) is 70.5 Å². The number of hydrogen-bond acceptors (Lipinski definition) is 6. The van der Waals surface area contributed by atoms with E-state index in [-0.39, 0.29) is 6.42 Å². The van der Waals surface area contributed by atoms with Crippen LogP contribution in [0.4, 0.5) is 0 Å². The standard InChI is InChI=1S/C28H25ClN4O2S.C4H10O/c1-15-11-23-27(26(21(15)13-25(34)35)17-3-6-19(29)7-4-17)36-28(32-23)18-5-8-22-24(12-18)33(16(2)31-22)20-9-10-30-14-20;1-4(2,3)5/h3-8,11-12,20,30H,9-10,13-14H2,1-2H3,(H,34,35);5H,1-3H3. The van der Waals surface area contributed by atoms with Crippen molar-refractivity contribution in [3.8, 4) is 21.7 Å². The molecule has 1 unspecified atom stereocenters. The van der Waals surface area contributed by atoms with Crippen LogP contribution in [0, 0.1) is 13.8 Å². The lowest BCUT2D eigenvalue weighted by molar-refractivity contribution is -0.136. The first-order chi connectivity index (χ1) is 19.4. The van der Waals surface area contributed by atoms with Gasteiger partial charge in [-0.3, -0.25) is 4.79 Å². The van der Waals surface area contributed by atoms with Crippen LogP contribution in [0.3, 0.4) is 0 Å². The number of thiazole rings is 1. The molecule has 0 radical (unpaired) electrons. The molecule has 1 aliphatic heterocycles. The number of carboxylic acids is 1. The van der Waals surface area contributed by atoms with Gasteiger partial charge in [0.25, 0.3) is 0 Å². The largest absolute Gasteiger partial charge is 0.481 e. The van der Waals surface area contributed by atoms with Crippen LogP contribution in [0.1, 0.15) is 50.2 Å². The number of nitrogens with one attached hydrogen (secondary N) is 1. The number of aliphatic hydroxyl groups is 1. The summed E-state index contributed by atoms with van der Waals surface area (Å²) in [6.45, 7) is 11.2. The zero-order chi connectivity index (χ0) is 29.5. The second-order valence-electron chi connectivity index (χ2n) is 11.5. The van der Waals surface area contributed by atoms with Crippen LogP contribution < -0.4 is 5.32 Å². The number of imidazole rings is 1. The molecule has 1 aliphatic rings. The van der Waals surface area contributed by atoms with E-state index in [4.69, 9.17) is 26.7 Å². The van der Waals surface area contributed by atoms with Crippen LogP contribution in [0.15, 0.2) is 48.5 Å². The van der Waals surface area contributed by atoms with Gasteiger partial charge in [-0.15, -0.1) is 11.3 Å². The number of carboxylic acid groups (broad SMARTS) is 1. The lowest BCUT2D eigenvalue weighted by atomic mass is 9.93. The topological polar surface area (TPSA) is 100 Å². The van der Waals surface area contributed by atoms with E-state index in [1.807, 2.05) is 37.3 Å². The molecular formula is C32H35ClN4O3S. The number of carbonyl (C=O) groups is 1. The van der Waals surface area contributed by atoms with Crippen molar-refractivity contribution in [2.24, 2.45) is 0 Å². The first-order valence-electron chi connectivity index (χ1n) is 13.7. The number of halogens is 1. The third-order valence-electron chi connectivity index (χ3n) is 6.98. The molecule has 1 atom stereocenters. The molecule has 1 saturated heterocycles. The highest BCUT2D eigenvalue weighted by atomic mass is 35.5. The summed E-state index contributed by atoms with van der Waals surface area (Å²) in [7, 11) is 0. The van der Waals surface area contributed by atoms with Gasteiger partial charge in [-0.1, -0.05) is 23.7 Å². The number of rotatable bonds is 5. The first-order valence-corrected chi connectivity index (χ1v) is 14.9. The molecule has 214 valence electrons. The Morgan fingerprint density at radius 3 is 2.39 bits per heavy atom. The maximum atomic E-state index is 11.7. The highest BCUT2D eigenvalue weighted by Gasteiger charge is 2.23. The molecule has 9 heteroatoms. The predicted molar refractivity (Wildman–Crippen MR) is 168 cm³/mol. The third-order valence-corrected chi connectivity index (χ3v) is 8.37. The molecule has 2 aromatic heterocycles. The zero-order valence-corrected chi connectivity index (χ0v) is 25.5. The number of aryl methyl sites for hydroxylation is 2. The lowest BCUT2D eigenvalue weighted by Gasteiger charge is -2.14. The van der Waals surface area contributed by atoms with Gasteiger partial charge in [0.1, 0.15) is 10.8 Å². The fourth-order valence-electron chi connectivity index (χ4n) is 5.33. The molecule has 0 amide bonds. The molecule has 3 N–H and O–H groups in total. The second-order valence-corrected chi connectivity index (χ2v) is 13.0. The highest BCUT2D eigenvalue weighted by molar-refractivity contribution is 7.22. The SMILES string of the molecule is CC(C)(C)O.Cc1cc2nc(-c3ccc4nc(C)n(C5CCNC5)c4c3)sc2c(-c2ccc(Cl)cc2)c1CC(=O)O. The van der Waals surface area contributed by atoms with E-state index in [0.29, 0.717) is 11.1 Å². The van der Waals surface area contributed by atoms with Crippen molar-refractivity contribution in [3.63, 3.8) is 0 Å². The van der Waals surface area contributed by atoms with Gasteiger partial charge in [0.05, 0.1) is 33.3 Å². The molecule has 1 fully saturated rings. The third kappa shape index (κ3) is 6.46. The molecule has 7 nitrogen and oxygen atoms in total. The molecule has 5 aromatic rings. The Morgan fingerprint density at radius 2 is 1.76 bits per heavy atom. The maximum absolute atomic E-state index is 11.7. The number of hydrogen-bond donors (Lipinski definition) is 3. The Labute approximate surface area is 248 Å². The molecule has 41 heavy (non-hydrogen) atoms. The van der Waals surface area contributed by atoms with E-state index in [9.17, 15) is 9.90 Å². The van der Waals surface area contributed by atoms with Crippen LogP contribution in [0.5, 0.6) is 0 Å². The van der Waals surface area contributed by atoms with Gasteiger partial charge in [0.15, 0.2) is 0 Å². The molecule has 0 aliphatic carbocycles. The van der Waals surface area contributed by atoms with E-state index in [1.54, 1.807) is 32.1 Å². The van der Waals surface area contributed by atoms with Gasteiger partial charge in [0, 0.05) is 28.7 Å². The Bertz CT molecular complexity index is 1720. The van der Waals surface area contributed by atoms with Crippen molar-refractivity contribution in [2.45, 2.75) is 59.1 Å². The first kappa shape index (κ1) is 29.2. The number of nitrogens with zero attached hydrogens (tertiary/aromatic N) is 3. The Morgan fingerprint density at radius 1 is 1.07 bits per heavy atom. The Balaban J connectivity index is 0.000000623. The van der Waals surface area contributed by atoms with Gasteiger partial charge in [-0.25, -0.2) is 9.97 Å². The summed E-state index contributed by atoms with van der Waals surface area (Å²) in [6, 6.07) is 16.3. The molecule has 6 rings (SSSR count). The van der Waals surface area contributed by atoms with E-state index in [2.05, 4.69) is 35.0 Å². The van der Waals surface area contributed by atoms with Crippen molar-refractivity contribution in [1.29, 1.82) is 0 Å². The van der Waals surface area contributed by atoms with E-state index < -0.39 is 11.6 Å². The summed E-state index contributed by atoms with van der Waals surface area (Å²) < 4.78 is 3.33. The monoisotopic (exact) mass is 590 g/mol. The van der Waals surface area contributed by atoms with Gasteiger partial charge in [0.2, 0.25) is 0 Å². The summed E-state index contributed by atoms with van der Waals surface area (Å²) in [6.07, 6.45) is 1.04. The van der Waals surface area contributed by atoms with Crippen molar-refractivity contribution < 1.29 is 15.0 Å². The van der Waals surface area contributed by atoms with Crippen molar-refractivity contribution in [2.75, 3.05) is 13.1 Å². The minimum Gasteiger partial charge on any atom is -0.481 e. The molecule has 0 bridgehead atoms. The Hall–Kier alpha value is -3.30. The van der Waals surface area contributed by atoms with Gasteiger partial charge in [-0.05, 0) is 101 Å². The average Bonchev–Trinajstić information content (AvgIpc) is 3.61. The quantitative estimate of drug-likeness (QED) is 0.200. The van der Waals surface area contributed by atoms with Crippen molar-refractivity contribution in [1.82, 2.24) is 19.9 Å². The summed E-state index contributed by atoms with van der Waals surface area (Å²) in [5.41, 5.74) is 7.12. The van der Waals surface area contributed by atoms with Crippen LogP contribution >= 0.6 is 22.9 Å². The van der Waals surface area contributed by atoms with Gasteiger partial charge < -0.3 is 20.1 Å². The molecule has 3 aromatic carbocycles. The van der Waals surface area contributed by atoms with Crippen LogP contribution in [-0.2, 0) is 11.2 Å². The molecular weight excluding hydrogens is 556 g/mol. The summed E-state index contributed by atoms with van der Waals surface area (Å²) in [5, 5.41) is 23.2. The van der Waals surface area contributed by atoms with Gasteiger partial charge in [-0.2, -0.15) is 0 Å². The minimum absolute atomic E-state index is 0.0488. The van der Waals surface area contributed by atoms with Crippen LogP contribution in [-0.4, -0.2) is 49.4 Å². The van der Waals surface area contributed by atoms with E-state index >= 15 is 0 Å². The lowest BCUT2D eigenvalue weighted by Crippen LogP contribution is -2.14. The Kier molecular flexibility index (Phi) is 8.21. The fraction of sp³-hybridized carbons (Fsp3) is 0.344. The minimum atomic E-state index is -0.854. The number of aromatic nitrogens is 3. The molecule has 3 heterocycles. The zero-order valence-electron chi connectivity index (χ0n) is 24.0. The summed E-state index contributed by atoms with van der Waals surface area (Å²) in [4.78, 5) is 21.6. The highest BCUT2D eigenvalue weighted by Crippen LogP contribution is 2.41. The number of fused-ring (bicyclic) bond motifs is 2. The van der Waals surface area contributed by atoms with Crippen molar-refractivity contribution >= 4 is 50.2 Å². The normalized spacial score (nSPS) is 15.3. The number of benzene rings is 3. The van der Waals surface area contributed by atoms with Gasteiger partial charge >= 0.3 is 5.97 Å². The molecule has 0 spiro atoms. The van der Waals surface area contributed by atoms with E-state index in [0.717, 1.165) is 79.4 Å². The van der Waals surface area contributed by atoms with Crippen LogP contribution in [0.2, 0.25) is 5.02 Å². The smallest absolute Gasteiger partial charge is 0.307 e. The second kappa shape index (κ2) is 11.5. The predicted octanol–water partition coefficient (Wildman–Crippen LogP) is 7.19. The summed E-state index contributed by atoms with van der Waals surface area (Å²) >= 11 is 7.75. The molecule has 0 saturated carbocycles. The fourth-order valence-corrected chi connectivity index (χ4v) is 6.59. The average molecular weight is 591 g/mol. The summed E-state index contributed by atoms with van der Waals surface area (Å²) in [5.74, 6) is 0.173. The number of aliphatic carboxylic acids is 1. The van der Waals surface area contributed by atoms with Crippen LogP contribution in [0.25, 0.3) is 42.9 Å². The maximum Gasteiger partial charge on any atom is 0.307 e.